The van der Waals surface area contributed by atoms with Crippen molar-refractivity contribution in [2.45, 2.75) is 12.6 Å². The van der Waals surface area contributed by atoms with E-state index < -0.39 is 6.10 Å². The molecule has 0 spiro atoms. The molecule has 1 aliphatic rings. The molecule has 2 amide bonds. The van der Waals surface area contributed by atoms with Crippen LogP contribution in [0.4, 0.5) is 0 Å². The molecule has 0 saturated carbocycles. The van der Waals surface area contributed by atoms with Crippen LogP contribution in [0.3, 0.4) is 0 Å². The van der Waals surface area contributed by atoms with Crippen molar-refractivity contribution in [1.82, 2.24) is 9.80 Å². The van der Waals surface area contributed by atoms with Crippen molar-refractivity contribution in [1.29, 1.82) is 0 Å². The van der Waals surface area contributed by atoms with Crippen molar-refractivity contribution in [2.24, 2.45) is 0 Å². The fourth-order valence-corrected chi connectivity index (χ4v) is 3.39. The van der Waals surface area contributed by atoms with Gasteiger partial charge in [0.25, 0.3) is 11.8 Å². The number of carbonyl (C=O) groups is 2. The zero-order valence-corrected chi connectivity index (χ0v) is 16.2. The lowest BCUT2D eigenvalue weighted by Gasteiger charge is -2.24. The summed E-state index contributed by atoms with van der Waals surface area (Å²) in [5.74, 6) is 0.573. The van der Waals surface area contributed by atoms with E-state index in [1.807, 2.05) is 30.1 Å². The third kappa shape index (κ3) is 4.00. The molecule has 0 aliphatic carbocycles. The summed E-state index contributed by atoms with van der Waals surface area (Å²) < 4.78 is 10.5. The Morgan fingerprint density at radius 2 is 1.61 bits per heavy atom. The van der Waals surface area contributed by atoms with Crippen LogP contribution in [0.5, 0.6) is 11.5 Å². The molecule has 0 unspecified atom stereocenters. The molecule has 1 N–H and O–H groups in total. The molecule has 28 heavy (non-hydrogen) atoms. The third-order valence-electron chi connectivity index (χ3n) is 4.69. The van der Waals surface area contributed by atoms with Gasteiger partial charge in [0.1, 0.15) is 0 Å². The van der Waals surface area contributed by atoms with Crippen LogP contribution in [0, 0.1) is 0 Å². The molecule has 148 valence electrons. The molecule has 0 saturated heterocycles. The smallest absolute Gasteiger partial charge is 0.261 e. The number of β-amino-alcohol motifs (C(OH)–C–C–N with tert-alkyl or cyclic N) is 1. The number of carbonyl (C=O) groups excluding carboxylic acids is 2. The summed E-state index contributed by atoms with van der Waals surface area (Å²) in [6.07, 6.45) is -0.854. The van der Waals surface area contributed by atoms with Crippen LogP contribution >= 0.6 is 0 Å². The van der Waals surface area contributed by atoms with E-state index in [-0.39, 0.29) is 18.4 Å². The summed E-state index contributed by atoms with van der Waals surface area (Å²) in [7, 11) is 5.03. The van der Waals surface area contributed by atoms with E-state index in [2.05, 4.69) is 0 Å². The van der Waals surface area contributed by atoms with E-state index in [0.29, 0.717) is 35.7 Å². The number of aliphatic hydroxyl groups is 1. The quantitative estimate of drug-likeness (QED) is 0.699. The van der Waals surface area contributed by atoms with Crippen molar-refractivity contribution in [2.75, 3.05) is 34.4 Å². The van der Waals surface area contributed by atoms with Gasteiger partial charge in [-0.05, 0) is 36.9 Å². The zero-order chi connectivity index (χ0) is 20.3. The van der Waals surface area contributed by atoms with Crippen LogP contribution < -0.4 is 9.47 Å². The second-order valence-corrected chi connectivity index (χ2v) is 6.81. The Morgan fingerprint density at radius 1 is 1.00 bits per heavy atom. The molecule has 0 aromatic heterocycles. The fourth-order valence-electron chi connectivity index (χ4n) is 3.39. The number of methoxy groups -OCH3 is 2. The third-order valence-corrected chi connectivity index (χ3v) is 4.69. The highest BCUT2D eigenvalue weighted by molar-refractivity contribution is 6.21. The highest BCUT2D eigenvalue weighted by Gasteiger charge is 2.36. The number of ether oxygens (including phenoxy) is 2. The van der Waals surface area contributed by atoms with Gasteiger partial charge in [0, 0.05) is 13.1 Å². The number of aliphatic hydroxyl groups excluding tert-OH is 1. The molecule has 0 fully saturated rings. The van der Waals surface area contributed by atoms with Gasteiger partial charge >= 0.3 is 0 Å². The largest absolute Gasteiger partial charge is 0.493 e. The lowest BCUT2D eigenvalue weighted by atomic mass is 10.1. The second-order valence-electron chi connectivity index (χ2n) is 6.81. The van der Waals surface area contributed by atoms with Gasteiger partial charge in [-0.3, -0.25) is 19.4 Å². The fraction of sp³-hybridized carbons (Fsp3) is 0.333. The number of fused-ring (bicyclic) bond motifs is 1. The van der Waals surface area contributed by atoms with Crippen LogP contribution in [0.25, 0.3) is 0 Å². The summed E-state index contributed by atoms with van der Waals surface area (Å²) in [5.41, 5.74) is 1.77. The van der Waals surface area contributed by atoms with Gasteiger partial charge in [-0.25, -0.2) is 0 Å². The monoisotopic (exact) mass is 384 g/mol. The number of likely N-dealkylation sites (N-methyl/N-ethyl adjacent to an activating group) is 1. The molecule has 1 aliphatic heterocycles. The van der Waals surface area contributed by atoms with Crippen LogP contribution in [0.2, 0.25) is 0 Å². The van der Waals surface area contributed by atoms with Crippen molar-refractivity contribution < 1.29 is 24.2 Å². The summed E-state index contributed by atoms with van der Waals surface area (Å²) in [6.45, 7) is 0.837. The maximum atomic E-state index is 12.4. The first-order chi connectivity index (χ1) is 13.4. The van der Waals surface area contributed by atoms with Crippen molar-refractivity contribution in [3.8, 4) is 11.5 Å². The SMILES string of the molecule is COc1ccc(CN(C)C[C@H](O)CN2C(=O)c3ccccc3C2=O)cc1OC. The summed E-state index contributed by atoms with van der Waals surface area (Å²) >= 11 is 0. The Hall–Kier alpha value is -2.90. The molecule has 0 bridgehead atoms. The number of nitrogens with zero attached hydrogens (tertiary/aromatic N) is 2. The molecular weight excluding hydrogens is 360 g/mol. The number of imide groups is 1. The number of rotatable bonds is 8. The van der Waals surface area contributed by atoms with E-state index in [1.165, 1.54) is 0 Å². The van der Waals surface area contributed by atoms with Crippen molar-refractivity contribution >= 4 is 11.8 Å². The first-order valence-corrected chi connectivity index (χ1v) is 8.97. The Balaban J connectivity index is 1.59. The predicted molar refractivity (Wildman–Crippen MR) is 104 cm³/mol. The van der Waals surface area contributed by atoms with Gasteiger partial charge in [-0.1, -0.05) is 18.2 Å². The minimum absolute atomic E-state index is 0.0391. The molecular formula is C21H24N2O5. The summed E-state index contributed by atoms with van der Waals surface area (Å²) in [6, 6.07) is 12.3. The Kier molecular flexibility index (Phi) is 5.96. The molecule has 1 heterocycles. The number of amides is 2. The lowest BCUT2D eigenvalue weighted by molar-refractivity contribution is 0.0488. The molecule has 3 rings (SSSR count). The number of hydrogen-bond donors (Lipinski definition) is 1. The molecule has 7 nitrogen and oxygen atoms in total. The minimum Gasteiger partial charge on any atom is -0.493 e. The predicted octanol–water partition coefficient (Wildman–Crippen LogP) is 1.79. The lowest BCUT2D eigenvalue weighted by Crippen LogP contribution is -2.41. The van der Waals surface area contributed by atoms with E-state index in [9.17, 15) is 14.7 Å². The van der Waals surface area contributed by atoms with E-state index in [0.717, 1.165) is 10.5 Å². The van der Waals surface area contributed by atoms with Gasteiger partial charge < -0.3 is 14.6 Å². The Bertz CT molecular complexity index is 848. The number of hydrogen-bond acceptors (Lipinski definition) is 6. The first-order valence-electron chi connectivity index (χ1n) is 8.97. The maximum absolute atomic E-state index is 12.4. The maximum Gasteiger partial charge on any atom is 0.261 e. The van der Waals surface area contributed by atoms with Gasteiger partial charge in [0.2, 0.25) is 0 Å². The van der Waals surface area contributed by atoms with Crippen LogP contribution in [0.1, 0.15) is 26.3 Å². The number of benzene rings is 2. The van der Waals surface area contributed by atoms with E-state index in [4.69, 9.17) is 9.47 Å². The average Bonchev–Trinajstić information content (AvgIpc) is 2.93. The Morgan fingerprint density at radius 3 is 2.18 bits per heavy atom. The molecule has 0 radical (unpaired) electrons. The standard InChI is InChI=1S/C21H24N2O5/c1-22(11-14-8-9-18(27-2)19(10-14)28-3)12-15(24)13-23-20(25)16-6-4-5-7-17(16)21(23)26/h4-10,15,24H,11-13H2,1-3H3/t15-/m0/s1. The van der Waals surface area contributed by atoms with Crippen LogP contribution in [-0.4, -0.2) is 67.2 Å². The average molecular weight is 384 g/mol. The van der Waals surface area contributed by atoms with Gasteiger partial charge in [0.05, 0.1) is 38.0 Å². The molecule has 2 aromatic carbocycles. The zero-order valence-electron chi connectivity index (χ0n) is 16.2. The first kappa shape index (κ1) is 19.9. The summed E-state index contributed by atoms with van der Waals surface area (Å²) in [5, 5.41) is 10.4. The van der Waals surface area contributed by atoms with Crippen molar-refractivity contribution in [3.05, 3.63) is 59.2 Å². The van der Waals surface area contributed by atoms with Gasteiger partial charge in [-0.2, -0.15) is 0 Å². The Labute approximate surface area is 164 Å². The highest BCUT2D eigenvalue weighted by atomic mass is 16.5. The van der Waals surface area contributed by atoms with E-state index in [1.54, 1.807) is 38.5 Å². The van der Waals surface area contributed by atoms with E-state index >= 15 is 0 Å². The van der Waals surface area contributed by atoms with Crippen LogP contribution in [0.15, 0.2) is 42.5 Å². The second kappa shape index (κ2) is 8.41. The van der Waals surface area contributed by atoms with Crippen LogP contribution in [-0.2, 0) is 6.54 Å². The topological polar surface area (TPSA) is 79.3 Å². The minimum atomic E-state index is -0.854. The molecule has 2 aromatic rings. The summed E-state index contributed by atoms with van der Waals surface area (Å²) in [4.78, 5) is 27.8. The van der Waals surface area contributed by atoms with Gasteiger partial charge in [0.15, 0.2) is 11.5 Å². The normalized spacial score (nSPS) is 14.4. The van der Waals surface area contributed by atoms with Gasteiger partial charge in [-0.15, -0.1) is 0 Å². The molecule has 1 atom stereocenters. The van der Waals surface area contributed by atoms with Crippen molar-refractivity contribution in [3.63, 3.8) is 0 Å². The highest BCUT2D eigenvalue weighted by Crippen LogP contribution is 2.28. The molecule has 7 heteroatoms.